The zero-order valence-corrected chi connectivity index (χ0v) is 21.6. The number of Topliss-reactive ketones (excluding diaryl/α,β-unsaturated/α-hetero) is 1. The Balaban J connectivity index is 1.49. The molecule has 190 valence electrons. The first-order valence-electron chi connectivity index (χ1n) is 12.7. The van der Waals surface area contributed by atoms with Gasteiger partial charge < -0.3 is 14.8 Å². The second kappa shape index (κ2) is 9.14. The molecule has 3 aromatic carbocycles. The van der Waals surface area contributed by atoms with Crippen LogP contribution in [-0.2, 0) is 4.79 Å². The van der Waals surface area contributed by atoms with Gasteiger partial charge in [-0.15, -0.1) is 0 Å². The van der Waals surface area contributed by atoms with Crippen molar-refractivity contribution in [3.63, 3.8) is 0 Å². The molecule has 1 unspecified atom stereocenters. The minimum atomic E-state index is -0.517. The molecule has 2 aliphatic rings. The molecule has 2 heterocycles. The summed E-state index contributed by atoms with van der Waals surface area (Å²) in [5.41, 5.74) is 4.98. The van der Waals surface area contributed by atoms with Crippen molar-refractivity contribution in [3.8, 4) is 11.5 Å². The number of methoxy groups -OCH3 is 1. The highest BCUT2D eigenvalue weighted by atomic mass is 16.6. The fourth-order valence-electron chi connectivity index (χ4n) is 5.73. The lowest BCUT2D eigenvalue weighted by Crippen LogP contribution is -2.33. The SMILES string of the molecule is COc1cc(C2C3=C(CC(C)(C)CC3=O)Nc3ccc4ccccc4c32)ccc1OC(=O)c1cccnc1. The smallest absolute Gasteiger partial charge is 0.345 e. The van der Waals surface area contributed by atoms with Crippen LogP contribution in [-0.4, -0.2) is 23.8 Å². The van der Waals surface area contributed by atoms with Gasteiger partial charge in [0.25, 0.3) is 0 Å². The van der Waals surface area contributed by atoms with Gasteiger partial charge in [0.05, 0.1) is 12.7 Å². The first-order valence-corrected chi connectivity index (χ1v) is 12.7. The number of nitrogens with one attached hydrogen (secondary N) is 1. The second-order valence-electron chi connectivity index (χ2n) is 10.7. The molecule has 1 atom stereocenters. The van der Waals surface area contributed by atoms with Crippen LogP contribution in [0.2, 0.25) is 0 Å². The lowest BCUT2D eigenvalue weighted by molar-refractivity contribution is -0.118. The average molecular weight is 505 g/mol. The standard InChI is InChI=1S/C32H28N2O4/c1-32(2)16-24-30(25(35)17-32)28(29-22-9-5-4-7-19(22)10-12-23(29)34-24)20-11-13-26(27(15-20)37-3)38-31(36)21-8-6-14-33-18-21/h4-15,18,28,34H,16-17H2,1-3H3. The maximum Gasteiger partial charge on any atom is 0.345 e. The number of esters is 1. The maximum absolute atomic E-state index is 13.7. The van der Waals surface area contributed by atoms with Gasteiger partial charge in [0.2, 0.25) is 0 Å². The zero-order chi connectivity index (χ0) is 26.4. The van der Waals surface area contributed by atoms with Gasteiger partial charge in [-0.05, 0) is 64.1 Å². The molecule has 0 saturated carbocycles. The van der Waals surface area contributed by atoms with E-state index < -0.39 is 5.97 Å². The zero-order valence-electron chi connectivity index (χ0n) is 21.6. The van der Waals surface area contributed by atoms with Crippen LogP contribution in [0.1, 0.15) is 54.1 Å². The Labute approximate surface area is 221 Å². The van der Waals surface area contributed by atoms with E-state index in [0.717, 1.165) is 45.3 Å². The molecule has 6 rings (SSSR count). The van der Waals surface area contributed by atoms with Crippen LogP contribution < -0.4 is 14.8 Å². The van der Waals surface area contributed by atoms with Gasteiger partial charge in [-0.25, -0.2) is 4.79 Å². The fourth-order valence-corrected chi connectivity index (χ4v) is 5.73. The number of nitrogens with zero attached hydrogens (tertiary/aromatic N) is 1. The number of carbonyl (C=O) groups excluding carboxylic acids is 2. The van der Waals surface area contributed by atoms with Crippen LogP contribution in [0.3, 0.4) is 0 Å². The normalized spacial score (nSPS) is 17.9. The van der Waals surface area contributed by atoms with Crippen LogP contribution >= 0.6 is 0 Å². The van der Waals surface area contributed by atoms with Crippen molar-refractivity contribution in [2.24, 2.45) is 5.41 Å². The number of fused-ring (bicyclic) bond motifs is 3. The highest BCUT2D eigenvalue weighted by molar-refractivity contribution is 6.04. The van der Waals surface area contributed by atoms with Gasteiger partial charge in [0.15, 0.2) is 17.3 Å². The monoisotopic (exact) mass is 504 g/mol. The number of anilines is 1. The summed E-state index contributed by atoms with van der Waals surface area (Å²) in [4.78, 5) is 30.4. The molecule has 0 spiro atoms. The number of aromatic nitrogens is 1. The Morgan fingerprint density at radius 3 is 2.63 bits per heavy atom. The molecule has 4 aromatic rings. The largest absolute Gasteiger partial charge is 0.493 e. The highest BCUT2D eigenvalue weighted by Gasteiger charge is 2.41. The number of allylic oxidation sites excluding steroid dienone is 2. The summed E-state index contributed by atoms with van der Waals surface area (Å²) >= 11 is 0. The summed E-state index contributed by atoms with van der Waals surface area (Å²) in [6.07, 6.45) is 4.34. The van der Waals surface area contributed by atoms with E-state index in [2.05, 4.69) is 48.4 Å². The number of benzene rings is 3. The van der Waals surface area contributed by atoms with Gasteiger partial charge in [-0.3, -0.25) is 9.78 Å². The molecule has 6 heteroatoms. The molecule has 0 fully saturated rings. The van der Waals surface area contributed by atoms with Crippen LogP contribution in [0.15, 0.2) is 90.4 Å². The molecule has 1 aliphatic carbocycles. The Kier molecular flexibility index (Phi) is 5.75. The van der Waals surface area contributed by atoms with Crippen molar-refractivity contribution in [2.45, 2.75) is 32.6 Å². The number of ether oxygens (including phenoxy) is 2. The number of carbonyl (C=O) groups is 2. The molecule has 1 aliphatic heterocycles. The molecular formula is C32H28N2O4. The summed E-state index contributed by atoms with van der Waals surface area (Å²) < 4.78 is 11.3. The predicted molar refractivity (Wildman–Crippen MR) is 147 cm³/mol. The van der Waals surface area contributed by atoms with Crippen molar-refractivity contribution in [2.75, 3.05) is 12.4 Å². The van der Waals surface area contributed by atoms with Crippen molar-refractivity contribution in [1.82, 2.24) is 4.98 Å². The number of hydrogen-bond acceptors (Lipinski definition) is 6. The topological polar surface area (TPSA) is 77.5 Å². The summed E-state index contributed by atoms with van der Waals surface area (Å²) in [6.45, 7) is 4.27. The molecule has 0 radical (unpaired) electrons. The quantitative estimate of drug-likeness (QED) is 0.247. The summed E-state index contributed by atoms with van der Waals surface area (Å²) in [5, 5.41) is 5.82. The molecule has 0 amide bonds. The van der Waals surface area contributed by atoms with Crippen molar-refractivity contribution < 1.29 is 19.1 Å². The van der Waals surface area contributed by atoms with Gasteiger partial charge in [0, 0.05) is 41.7 Å². The number of rotatable bonds is 4. The van der Waals surface area contributed by atoms with Gasteiger partial charge in [-0.2, -0.15) is 0 Å². The number of hydrogen-bond donors (Lipinski definition) is 1. The van der Waals surface area contributed by atoms with E-state index in [1.807, 2.05) is 24.3 Å². The van der Waals surface area contributed by atoms with E-state index in [9.17, 15) is 9.59 Å². The summed E-state index contributed by atoms with van der Waals surface area (Å²) in [6, 6.07) is 21.3. The summed E-state index contributed by atoms with van der Waals surface area (Å²) in [5.74, 6) is 0.0802. The molecule has 0 bridgehead atoms. The minimum Gasteiger partial charge on any atom is -0.493 e. The first kappa shape index (κ1) is 23.9. The Morgan fingerprint density at radius 1 is 1.00 bits per heavy atom. The second-order valence-corrected chi connectivity index (χ2v) is 10.7. The molecule has 0 saturated heterocycles. The first-order chi connectivity index (χ1) is 18.3. The highest BCUT2D eigenvalue weighted by Crippen LogP contribution is 2.51. The predicted octanol–water partition coefficient (Wildman–Crippen LogP) is 6.66. The van der Waals surface area contributed by atoms with Crippen LogP contribution in [0, 0.1) is 5.41 Å². The molecule has 6 nitrogen and oxygen atoms in total. The Bertz CT molecular complexity index is 1620. The number of ketones is 1. The lowest BCUT2D eigenvalue weighted by atomic mass is 9.68. The average Bonchev–Trinajstić information content (AvgIpc) is 2.91. The van der Waals surface area contributed by atoms with Gasteiger partial charge in [0.1, 0.15) is 0 Å². The summed E-state index contributed by atoms with van der Waals surface area (Å²) in [7, 11) is 1.55. The van der Waals surface area contributed by atoms with Crippen LogP contribution in [0.25, 0.3) is 10.8 Å². The Hall–Kier alpha value is -4.45. The van der Waals surface area contributed by atoms with Gasteiger partial charge >= 0.3 is 5.97 Å². The van der Waals surface area contributed by atoms with Crippen molar-refractivity contribution in [3.05, 3.63) is 107 Å². The van der Waals surface area contributed by atoms with Crippen LogP contribution in [0.4, 0.5) is 5.69 Å². The fraction of sp³-hybridized carbons (Fsp3) is 0.219. The molecule has 1 aromatic heterocycles. The number of pyridine rings is 1. The van der Waals surface area contributed by atoms with Crippen molar-refractivity contribution in [1.29, 1.82) is 0 Å². The van der Waals surface area contributed by atoms with E-state index in [0.29, 0.717) is 23.5 Å². The van der Waals surface area contributed by atoms with E-state index >= 15 is 0 Å². The molecule has 1 N–H and O–H groups in total. The van der Waals surface area contributed by atoms with E-state index in [1.54, 1.807) is 31.5 Å². The minimum absolute atomic E-state index is 0.121. The van der Waals surface area contributed by atoms with E-state index in [-0.39, 0.29) is 17.1 Å². The van der Waals surface area contributed by atoms with Gasteiger partial charge in [-0.1, -0.05) is 50.2 Å². The van der Waals surface area contributed by atoms with E-state index in [4.69, 9.17) is 9.47 Å². The third-order valence-electron chi connectivity index (χ3n) is 7.37. The Morgan fingerprint density at radius 2 is 1.84 bits per heavy atom. The van der Waals surface area contributed by atoms with E-state index in [1.165, 1.54) is 6.20 Å². The third-order valence-corrected chi connectivity index (χ3v) is 7.37. The van der Waals surface area contributed by atoms with Crippen molar-refractivity contribution >= 4 is 28.2 Å². The van der Waals surface area contributed by atoms with Crippen LogP contribution in [0.5, 0.6) is 11.5 Å². The third kappa shape index (κ3) is 4.12. The lowest BCUT2D eigenvalue weighted by Gasteiger charge is -2.40. The molecular weight excluding hydrogens is 476 g/mol. The maximum atomic E-state index is 13.7. The molecule has 38 heavy (non-hydrogen) atoms.